The average Bonchev–Trinajstić information content (AvgIpc) is 3.77. The number of aromatic nitrogens is 2. The molecule has 2 aliphatic heterocycles. The summed E-state index contributed by atoms with van der Waals surface area (Å²) >= 11 is 4.21. The molecule has 1 aliphatic carbocycles. The highest BCUT2D eigenvalue weighted by Gasteiger charge is 2.48. The van der Waals surface area contributed by atoms with Gasteiger partial charge in [0, 0.05) is 19.0 Å². The van der Waals surface area contributed by atoms with E-state index in [0.29, 0.717) is 69.2 Å². The quantitative estimate of drug-likeness (QED) is 0.0743. The lowest BCUT2D eigenvalue weighted by molar-refractivity contribution is -0.141. The van der Waals surface area contributed by atoms with E-state index in [1.165, 1.54) is 4.90 Å². The lowest BCUT2D eigenvalue weighted by Crippen LogP contribution is -2.38. The minimum Gasteiger partial charge on any atom is -0.494 e. The lowest BCUT2D eigenvalue weighted by Gasteiger charge is -2.33. The van der Waals surface area contributed by atoms with E-state index in [4.69, 9.17) is 28.9 Å². The van der Waals surface area contributed by atoms with E-state index in [9.17, 15) is 14.4 Å². The summed E-state index contributed by atoms with van der Waals surface area (Å²) in [7, 11) is 1.58. The Balaban J connectivity index is 1.20. The van der Waals surface area contributed by atoms with Gasteiger partial charge in [-0.1, -0.05) is 24.3 Å². The Kier molecular flexibility index (Phi) is 8.25. The summed E-state index contributed by atoms with van der Waals surface area (Å²) in [5.74, 6) is -0.0610. The third-order valence-electron chi connectivity index (χ3n) is 9.99. The van der Waals surface area contributed by atoms with E-state index in [0.717, 1.165) is 23.8 Å². The summed E-state index contributed by atoms with van der Waals surface area (Å²) in [6, 6.07) is 27.4. The van der Waals surface area contributed by atoms with Crippen LogP contribution in [0.15, 0.2) is 91.0 Å². The maximum Gasteiger partial charge on any atom is 0.310 e. The van der Waals surface area contributed by atoms with Crippen LogP contribution in [0.5, 0.6) is 17.2 Å². The number of nitrogens with zero attached hydrogens (tertiary/aromatic N) is 3. The number of hydrogen-bond acceptors (Lipinski definition) is 9. The van der Waals surface area contributed by atoms with E-state index in [2.05, 4.69) is 45.2 Å². The van der Waals surface area contributed by atoms with Gasteiger partial charge in [-0.25, -0.2) is 14.9 Å². The second kappa shape index (κ2) is 13.0. The third-order valence-corrected chi connectivity index (χ3v) is 11.9. The largest absolute Gasteiger partial charge is 0.494 e. The number of ether oxygens (including phenoxy) is 4. The SMILES string of the molecule is COc1cc([C@@H]2c3cc4c(cc3C[C@H]3COC(=O)[C@@H]32)OCO4)cc2nc3cc(N(C(=O)c4ccccc4I)C(=O)c4ccccc4I)ccc3nc12. The molecule has 3 heterocycles. The van der Waals surface area contributed by atoms with Crippen LogP contribution in [0.3, 0.4) is 0 Å². The fourth-order valence-corrected chi connectivity index (χ4v) is 8.81. The number of cyclic esters (lactones) is 1. The Morgan fingerprint density at radius 2 is 1.48 bits per heavy atom. The first-order valence-electron chi connectivity index (χ1n) is 16.6. The highest BCUT2D eigenvalue weighted by atomic mass is 127. The molecule has 2 amide bonds. The summed E-state index contributed by atoms with van der Waals surface area (Å²) < 4.78 is 24.4. The number of carbonyl (C=O) groups is 3. The molecule has 0 unspecified atom stereocenters. The Bertz CT molecular complexity index is 2450. The number of amides is 2. The number of rotatable bonds is 5. The minimum atomic E-state index is -0.457. The van der Waals surface area contributed by atoms with Crippen LogP contribution in [-0.2, 0) is 16.0 Å². The van der Waals surface area contributed by atoms with Gasteiger partial charge in [-0.2, -0.15) is 0 Å². The molecule has 0 bridgehead atoms. The number of methoxy groups -OCH3 is 1. The maximum absolute atomic E-state index is 14.2. The Labute approximate surface area is 324 Å². The van der Waals surface area contributed by atoms with Gasteiger partial charge >= 0.3 is 5.97 Å². The molecule has 1 fully saturated rings. The van der Waals surface area contributed by atoms with Crippen LogP contribution in [0.25, 0.3) is 22.1 Å². The van der Waals surface area contributed by atoms with Gasteiger partial charge in [0.15, 0.2) is 11.5 Å². The van der Waals surface area contributed by atoms with Gasteiger partial charge in [0.2, 0.25) is 6.79 Å². The van der Waals surface area contributed by atoms with Gasteiger partial charge in [-0.15, -0.1) is 0 Å². The zero-order valence-corrected chi connectivity index (χ0v) is 31.8. The summed E-state index contributed by atoms with van der Waals surface area (Å²) in [6.45, 7) is 0.500. The summed E-state index contributed by atoms with van der Waals surface area (Å²) in [5, 5.41) is 0. The van der Waals surface area contributed by atoms with Crippen LogP contribution in [-0.4, -0.2) is 48.3 Å². The molecule has 0 saturated carbocycles. The second-order valence-corrected chi connectivity index (χ2v) is 15.2. The molecule has 1 aromatic heterocycles. The topological polar surface area (TPSA) is 117 Å². The van der Waals surface area contributed by atoms with Gasteiger partial charge in [0.25, 0.3) is 11.8 Å². The molecule has 12 heteroatoms. The van der Waals surface area contributed by atoms with Gasteiger partial charge in [0.1, 0.15) is 11.3 Å². The normalized spacial score (nSPS) is 18.5. The number of hydrogen-bond donors (Lipinski definition) is 0. The van der Waals surface area contributed by atoms with Crippen LogP contribution in [0.4, 0.5) is 5.69 Å². The minimum absolute atomic E-state index is 0.00119. The Hall–Kier alpha value is -4.83. The number of imide groups is 1. The van der Waals surface area contributed by atoms with Crippen molar-refractivity contribution in [1.29, 1.82) is 0 Å². The van der Waals surface area contributed by atoms with Crippen molar-refractivity contribution >= 4 is 90.7 Å². The molecule has 0 radical (unpaired) electrons. The fourth-order valence-electron chi connectivity index (χ4n) is 7.57. The first-order chi connectivity index (χ1) is 25.3. The third kappa shape index (κ3) is 5.45. The van der Waals surface area contributed by atoms with Gasteiger partial charge in [-0.3, -0.25) is 14.4 Å². The van der Waals surface area contributed by atoms with E-state index in [-0.39, 0.29) is 24.6 Å². The van der Waals surface area contributed by atoms with Crippen LogP contribution in [0.2, 0.25) is 0 Å². The standard InChI is InChI=1S/C40H27I2N3O7/c1-49-34-15-21(35-26-17-33-32(51-19-52-33)14-20(26)12-22-18-50-40(48)36(22)35)13-31-37(34)44-29-11-10-23(16-30(29)43-31)45(38(46)24-6-2-4-8-27(24)41)39(47)25-7-3-5-9-28(25)42/h2-11,13-17,22,35-36H,12,18-19H2,1H3/t22-,35+,36-/m0/s1. The average molecular weight is 915 g/mol. The molecule has 10 nitrogen and oxygen atoms in total. The van der Waals surface area contributed by atoms with Crippen molar-refractivity contribution in [3.8, 4) is 17.2 Å². The molecule has 52 heavy (non-hydrogen) atoms. The van der Waals surface area contributed by atoms with Gasteiger partial charge in [0.05, 0.1) is 53.0 Å². The Morgan fingerprint density at radius 3 is 2.17 bits per heavy atom. The Morgan fingerprint density at radius 1 is 0.788 bits per heavy atom. The molecular formula is C40H27I2N3O7. The number of carbonyl (C=O) groups excluding carboxylic acids is 3. The number of esters is 1. The first kappa shape index (κ1) is 33.0. The van der Waals surface area contributed by atoms with Crippen molar-refractivity contribution in [1.82, 2.24) is 9.97 Å². The van der Waals surface area contributed by atoms with Crippen molar-refractivity contribution < 1.29 is 33.3 Å². The predicted octanol–water partition coefficient (Wildman–Crippen LogP) is 7.69. The highest BCUT2D eigenvalue weighted by Crippen LogP contribution is 2.51. The van der Waals surface area contributed by atoms with E-state index in [1.807, 2.05) is 48.5 Å². The summed E-state index contributed by atoms with van der Waals surface area (Å²) in [6.07, 6.45) is 0.689. The molecule has 9 rings (SSSR count). The number of anilines is 1. The number of halogens is 2. The second-order valence-electron chi connectivity index (χ2n) is 12.9. The fraction of sp³-hybridized carbons (Fsp3) is 0.175. The van der Waals surface area contributed by atoms with Gasteiger partial charge in [-0.05, 0) is 135 Å². The first-order valence-corrected chi connectivity index (χ1v) is 18.7. The summed E-state index contributed by atoms with van der Waals surface area (Å²) in [4.78, 5) is 52.9. The van der Waals surface area contributed by atoms with Crippen molar-refractivity contribution in [2.45, 2.75) is 12.3 Å². The van der Waals surface area contributed by atoms with Crippen molar-refractivity contribution in [2.24, 2.45) is 11.8 Å². The van der Waals surface area contributed by atoms with Crippen LogP contribution >= 0.6 is 45.2 Å². The zero-order valence-electron chi connectivity index (χ0n) is 27.5. The van der Waals surface area contributed by atoms with Crippen LogP contribution in [0, 0.1) is 19.0 Å². The lowest BCUT2D eigenvalue weighted by atomic mass is 9.67. The molecule has 5 aromatic carbocycles. The van der Waals surface area contributed by atoms with Crippen LogP contribution < -0.4 is 19.1 Å². The molecule has 3 aliphatic rings. The van der Waals surface area contributed by atoms with Crippen molar-refractivity contribution in [2.75, 3.05) is 25.4 Å². The predicted molar refractivity (Wildman–Crippen MR) is 209 cm³/mol. The number of fused-ring (bicyclic) bond motifs is 5. The monoisotopic (exact) mass is 915 g/mol. The molecule has 0 N–H and O–H groups in total. The highest BCUT2D eigenvalue weighted by molar-refractivity contribution is 14.1. The molecular weight excluding hydrogens is 888 g/mol. The van der Waals surface area contributed by atoms with Gasteiger partial charge < -0.3 is 18.9 Å². The van der Waals surface area contributed by atoms with Crippen LogP contribution in [0.1, 0.15) is 43.3 Å². The number of benzene rings is 5. The smallest absolute Gasteiger partial charge is 0.310 e. The zero-order chi connectivity index (χ0) is 35.7. The molecule has 0 spiro atoms. The van der Waals surface area contributed by atoms with Crippen molar-refractivity contribution in [3.63, 3.8) is 0 Å². The van der Waals surface area contributed by atoms with E-state index < -0.39 is 17.7 Å². The molecule has 1 saturated heterocycles. The molecule has 6 aromatic rings. The van der Waals surface area contributed by atoms with E-state index >= 15 is 0 Å². The maximum atomic E-state index is 14.2. The molecule has 258 valence electrons. The van der Waals surface area contributed by atoms with E-state index in [1.54, 1.807) is 49.6 Å². The molecule has 3 atom stereocenters. The summed E-state index contributed by atoms with van der Waals surface area (Å²) in [5.41, 5.74) is 6.15. The van der Waals surface area contributed by atoms with Crippen molar-refractivity contribution in [3.05, 3.63) is 126 Å².